The summed E-state index contributed by atoms with van der Waals surface area (Å²) in [5, 5.41) is 5.29. The van der Waals surface area contributed by atoms with E-state index in [1.165, 1.54) is 43.0 Å². The van der Waals surface area contributed by atoms with Crippen LogP contribution in [0.4, 0.5) is 17.1 Å². The SMILES string of the molecule is CC(=O)Nc1ccc(S(=O)(=O)Nc2ccc3c(c2)NC(=O)CS3)cc1. The fraction of sp³-hybridized carbons (Fsp3) is 0.125. The first kappa shape index (κ1) is 17.3. The Hall–Kier alpha value is -2.52. The van der Waals surface area contributed by atoms with Crippen LogP contribution in [0.2, 0.25) is 0 Å². The molecular formula is C16H15N3O4S2. The molecule has 2 aromatic rings. The number of nitrogens with one attached hydrogen (secondary N) is 3. The van der Waals surface area contributed by atoms with Gasteiger partial charge in [-0.05, 0) is 42.5 Å². The van der Waals surface area contributed by atoms with Crippen molar-refractivity contribution in [3.63, 3.8) is 0 Å². The van der Waals surface area contributed by atoms with Crippen LogP contribution in [0, 0.1) is 0 Å². The molecule has 130 valence electrons. The molecule has 25 heavy (non-hydrogen) atoms. The van der Waals surface area contributed by atoms with E-state index < -0.39 is 10.0 Å². The summed E-state index contributed by atoms with van der Waals surface area (Å²) in [7, 11) is -3.78. The van der Waals surface area contributed by atoms with E-state index in [1.807, 2.05) is 0 Å². The van der Waals surface area contributed by atoms with Gasteiger partial charge in [-0.3, -0.25) is 14.3 Å². The number of carbonyl (C=O) groups excluding carboxylic acids is 2. The molecule has 0 radical (unpaired) electrons. The minimum Gasteiger partial charge on any atom is -0.326 e. The van der Waals surface area contributed by atoms with E-state index in [0.717, 1.165) is 4.90 Å². The third-order valence-corrected chi connectivity index (χ3v) is 5.82. The Bertz CT molecular complexity index is 940. The number of sulfonamides is 1. The zero-order valence-corrected chi connectivity index (χ0v) is 14.8. The van der Waals surface area contributed by atoms with Crippen molar-refractivity contribution in [1.29, 1.82) is 0 Å². The number of anilines is 3. The van der Waals surface area contributed by atoms with E-state index in [1.54, 1.807) is 18.2 Å². The van der Waals surface area contributed by atoms with E-state index >= 15 is 0 Å². The Balaban J connectivity index is 1.80. The van der Waals surface area contributed by atoms with Gasteiger partial charge in [0.2, 0.25) is 11.8 Å². The highest BCUT2D eigenvalue weighted by molar-refractivity contribution is 8.00. The summed E-state index contributed by atoms with van der Waals surface area (Å²) in [4.78, 5) is 23.4. The third-order valence-electron chi connectivity index (χ3n) is 3.35. The number of fused-ring (bicyclic) bond motifs is 1. The van der Waals surface area contributed by atoms with Gasteiger partial charge >= 0.3 is 0 Å². The lowest BCUT2D eigenvalue weighted by Crippen LogP contribution is -2.19. The van der Waals surface area contributed by atoms with Gasteiger partial charge in [0.1, 0.15) is 0 Å². The van der Waals surface area contributed by atoms with Gasteiger partial charge in [0.05, 0.1) is 22.0 Å². The fourth-order valence-electron chi connectivity index (χ4n) is 2.28. The van der Waals surface area contributed by atoms with Crippen molar-refractivity contribution >= 4 is 50.7 Å². The summed E-state index contributed by atoms with van der Waals surface area (Å²) in [6.07, 6.45) is 0. The first-order valence-corrected chi connectivity index (χ1v) is 9.77. The highest BCUT2D eigenvalue weighted by Crippen LogP contribution is 2.34. The molecular weight excluding hydrogens is 362 g/mol. The topological polar surface area (TPSA) is 104 Å². The van der Waals surface area contributed by atoms with Gasteiger partial charge in [0.15, 0.2) is 0 Å². The van der Waals surface area contributed by atoms with Crippen LogP contribution in [0.5, 0.6) is 0 Å². The molecule has 0 aromatic heterocycles. The van der Waals surface area contributed by atoms with Crippen LogP contribution in [0.25, 0.3) is 0 Å². The molecule has 1 heterocycles. The van der Waals surface area contributed by atoms with Crippen LogP contribution in [-0.2, 0) is 19.6 Å². The summed E-state index contributed by atoms with van der Waals surface area (Å²) in [6, 6.07) is 10.8. The zero-order chi connectivity index (χ0) is 18.0. The van der Waals surface area contributed by atoms with E-state index in [2.05, 4.69) is 15.4 Å². The first-order chi connectivity index (χ1) is 11.8. The van der Waals surface area contributed by atoms with Crippen molar-refractivity contribution in [2.45, 2.75) is 16.7 Å². The molecule has 7 nitrogen and oxygen atoms in total. The second-order valence-electron chi connectivity index (χ2n) is 5.36. The number of rotatable bonds is 4. The van der Waals surface area contributed by atoms with Crippen LogP contribution in [0.1, 0.15) is 6.92 Å². The van der Waals surface area contributed by atoms with E-state index in [0.29, 0.717) is 22.8 Å². The molecule has 2 amide bonds. The van der Waals surface area contributed by atoms with Crippen molar-refractivity contribution in [2.24, 2.45) is 0 Å². The van der Waals surface area contributed by atoms with Gasteiger partial charge < -0.3 is 10.6 Å². The number of hydrogen-bond donors (Lipinski definition) is 3. The van der Waals surface area contributed by atoms with E-state index in [-0.39, 0.29) is 16.7 Å². The molecule has 3 rings (SSSR count). The average molecular weight is 377 g/mol. The number of thioether (sulfide) groups is 1. The zero-order valence-electron chi connectivity index (χ0n) is 13.2. The minimum atomic E-state index is -3.78. The summed E-state index contributed by atoms with van der Waals surface area (Å²) in [6.45, 7) is 1.37. The molecule has 0 aliphatic carbocycles. The number of benzene rings is 2. The lowest BCUT2D eigenvalue weighted by Gasteiger charge is -2.17. The summed E-state index contributed by atoms with van der Waals surface area (Å²) in [5.41, 5.74) is 1.45. The van der Waals surface area contributed by atoms with Gasteiger partial charge in [-0.25, -0.2) is 8.42 Å². The number of carbonyl (C=O) groups is 2. The lowest BCUT2D eigenvalue weighted by atomic mass is 10.3. The van der Waals surface area contributed by atoms with Gasteiger partial charge in [0.25, 0.3) is 10.0 Å². The van der Waals surface area contributed by atoms with Crippen LogP contribution in [-0.4, -0.2) is 26.0 Å². The molecule has 0 saturated heterocycles. The predicted molar refractivity (Wildman–Crippen MR) is 97.3 cm³/mol. The van der Waals surface area contributed by atoms with Crippen LogP contribution in [0.15, 0.2) is 52.3 Å². The van der Waals surface area contributed by atoms with Gasteiger partial charge in [-0.1, -0.05) is 0 Å². The number of hydrogen-bond acceptors (Lipinski definition) is 5. The standard InChI is InChI=1S/C16H15N3O4S2/c1-10(20)17-11-2-5-13(6-3-11)25(22,23)19-12-4-7-15-14(8-12)18-16(21)9-24-15/h2-8,19H,9H2,1H3,(H,17,20)(H,18,21). The average Bonchev–Trinajstić information content (AvgIpc) is 2.54. The first-order valence-electron chi connectivity index (χ1n) is 7.31. The predicted octanol–water partition coefficient (Wildman–Crippen LogP) is 2.49. The molecule has 3 N–H and O–H groups in total. The maximum atomic E-state index is 12.5. The minimum absolute atomic E-state index is 0.0673. The molecule has 9 heteroatoms. The fourth-order valence-corrected chi connectivity index (χ4v) is 4.12. The van der Waals surface area contributed by atoms with E-state index in [9.17, 15) is 18.0 Å². The Morgan fingerprint density at radius 1 is 1.12 bits per heavy atom. The molecule has 0 atom stereocenters. The maximum Gasteiger partial charge on any atom is 0.261 e. The molecule has 1 aliphatic heterocycles. The molecule has 0 saturated carbocycles. The van der Waals surface area contributed by atoms with Gasteiger partial charge in [-0.2, -0.15) is 0 Å². The van der Waals surface area contributed by atoms with Crippen LogP contribution >= 0.6 is 11.8 Å². The largest absolute Gasteiger partial charge is 0.326 e. The lowest BCUT2D eigenvalue weighted by molar-refractivity contribution is -0.114. The molecule has 0 unspecified atom stereocenters. The second kappa shape index (κ2) is 6.77. The summed E-state index contributed by atoms with van der Waals surface area (Å²) >= 11 is 1.40. The molecule has 2 aromatic carbocycles. The molecule has 0 spiro atoms. The highest BCUT2D eigenvalue weighted by Gasteiger charge is 2.18. The smallest absolute Gasteiger partial charge is 0.261 e. The summed E-state index contributed by atoms with van der Waals surface area (Å²) in [5.74, 6) is -0.00703. The monoisotopic (exact) mass is 377 g/mol. The van der Waals surface area contributed by atoms with Crippen LogP contribution in [0.3, 0.4) is 0 Å². The van der Waals surface area contributed by atoms with Gasteiger partial charge in [-0.15, -0.1) is 11.8 Å². The van der Waals surface area contributed by atoms with Gasteiger partial charge in [0, 0.05) is 17.5 Å². The van der Waals surface area contributed by atoms with Crippen molar-refractivity contribution in [3.8, 4) is 0 Å². The van der Waals surface area contributed by atoms with Crippen molar-refractivity contribution in [1.82, 2.24) is 0 Å². The molecule has 1 aliphatic rings. The normalized spacial score (nSPS) is 13.6. The Morgan fingerprint density at radius 3 is 2.48 bits per heavy atom. The Labute approximate surface area is 149 Å². The Morgan fingerprint density at radius 2 is 1.80 bits per heavy atom. The molecule has 0 bridgehead atoms. The third kappa shape index (κ3) is 4.12. The van der Waals surface area contributed by atoms with Crippen molar-refractivity contribution < 1.29 is 18.0 Å². The molecule has 0 fully saturated rings. The highest BCUT2D eigenvalue weighted by atomic mass is 32.2. The van der Waals surface area contributed by atoms with Crippen molar-refractivity contribution in [2.75, 3.05) is 21.1 Å². The second-order valence-corrected chi connectivity index (χ2v) is 8.06. The number of amides is 2. The van der Waals surface area contributed by atoms with Crippen LogP contribution < -0.4 is 15.4 Å². The quantitative estimate of drug-likeness (QED) is 0.759. The Kier molecular flexibility index (Phi) is 4.69. The maximum absolute atomic E-state index is 12.5. The van der Waals surface area contributed by atoms with E-state index in [4.69, 9.17) is 0 Å². The summed E-state index contributed by atoms with van der Waals surface area (Å²) < 4.78 is 27.4. The van der Waals surface area contributed by atoms with Crippen molar-refractivity contribution in [3.05, 3.63) is 42.5 Å².